The van der Waals surface area contributed by atoms with Crippen LogP contribution in [0.2, 0.25) is 5.02 Å². The molecule has 1 unspecified atom stereocenters. The predicted molar refractivity (Wildman–Crippen MR) is 146 cm³/mol. The number of hydrogen-bond donors (Lipinski definition) is 1. The summed E-state index contributed by atoms with van der Waals surface area (Å²) in [7, 11) is 0. The first-order valence-corrected chi connectivity index (χ1v) is 13.4. The molecule has 0 saturated heterocycles. The van der Waals surface area contributed by atoms with E-state index < -0.39 is 6.04 Å². The van der Waals surface area contributed by atoms with Crippen LogP contribution in [-0.4, -0.2) is 35.4 Å². The van der Waals surface area contributed by atoms with Gasteiger partial charge >= 0.3 is 0 Å². The van der Waals surface area contributed by atoms with Crippen LogP contribution in [0.15, 0.2) is 83.3 Å². The van der Waals surface area contributed by atoms with E-state index in [1.807, 2.05) is 54.6 Å². The predicted octanol–water partition coefficient (Wildman–Crippen LogP) is 6.18. The fourth-order valence-electron chi connectivity index (χ4n) is 4.49. The van der Waals surface area contributed by atoms with Gasteiger partial charge in [0.15, 0.2) is 6.61 Å². The van der Waals surface area contributed by atoms with Crippen molar-refractivity contribution >= 4 is 39.3 Å². The van der Waals surface area contributed by atoms with Crippen molar-refractivity contribution in [2.75, 3.05) is 6.61 Å². The summed E-state index contributed by atoms with van der Waals surface area (Å²) in [4.78, 5) is 28.9. The van der Waals surface area contributed by atoms with Gasteiger partial charge in [0.1, 0.15) is 11.8 Å². The number of nitrogens with one attached hydrogen (secondary N) is 1. The molecule has 188 valence electrons. The Bertz CT molecular complexity index is 1150. The number of para-hydroxylation sites is 1. The summed E-state index contributed by atoms with van der Waals surface area (Å²) in [6.07, 6.45) is 4.58. The van der Waals surface area contributed by atoms with Gasteiger partial charge in [0.2, 0.25) is 5.91 Å². The maximum atomic E-state index is 13.6. The lowest BCUT2D eigenvalue weighted by Gasteiger charge is -2.32. The molecule has 0 bridgehead atoms. The smallest absolute Gasteiger partial charge is 0.261 e. The molecule has 0 spiro atoms. The van der Waals surface area contributed by atoms with Crippen LogP contribution in [0.25, 0.3) is 0 Å². The molecule has 0 aromatic heterocycles. The lowest BCUT2D eigenvalue weighted by atomic mass is 10.0. The van der Waals surface area contributed by atoms with Gasteiger partial charge in [-0.25, -0.2) is 0 Å². The van der Waals surface area contributed by atoms with Gasteiger partial charge in [-0.1, -0.05) is 95.0 Å². The fraction of sp³-hybridized carbons (Fsp3) is 0.310. The second-order valence-electron chi connectivity index (χ2n) is 9.06. The van der Waals surface area contributed by atoms with E-state index in [9.17, 15) is 9.59 Å². The summed E-state index contributed by atoms with van der Waals surface area (Å²) >= 11 is 9.70. The average Bonchev–Trinajstić information content (AvgIpc) is 3.40. The standard InChI is InChI=1S/C29H30BrClN2O3/c30-23-16-14-22(15-17-23)19-33(28(34)20-36-27-13-7-6-12-25(27)31)26(18-21-8-2-1-3-9-21)29(35)32-24-10-4-5-11-24/h1-3,6-9,12-17,24,26H,4-5,10-11,18-20H2,(H,32,35). The average molecular weight is 570 g/mol. The molecular weight excluding hydrogens is 540 g/mol. The first kappa shape index (κ1) is 26.2. The Morgan fingerprint density at radius 3 is 2.31 bits per heavy atom. The van der Waals surface area contributed by atoms with E-state index in [4.69, 9.17) is 16.3 Å². The van der Waals surface area contributed by atoms with E-state index in [2.05, 4.69) is 21.2 Å². The summed E-state index contributed by atoms with van der Waals surface area (Å²) in [5, 5.41) is 3.64. The van der Waals surface area contributed by atoms with Crippen LogP contribution in [-0.2, 0) is 22.6 Å². The molecule has 3 aromatic carbocycles. The van der Waals surface area contributed by atoms with Crippen LogP contribution in [0, 0.1) is 0 Å². The minimum absolute atomic E-state index is 0.131. The minimum atomic E-state index is -0.681. The van der Waals surface area contributed by atoms with E-state index >= 15 is 0 Å². The lowest BCUT2D eigenvalue weighted by Crippen LogP contribution is -2.53. The van der Waals surface area contributed by atoms with Crippen molar-refractivity contribution in [3.63, 3.8) is 0 Å². The highest BCUT2D eigenvalue weighted by Crippen LogP contribution is 2.24. The third kappa shape index (κ3) is 7.34. The SMILES string of the molecule is O=C(NC1CCCC1)C(Cc1ccccc1)N(Cc1ccc(Br)cc1)C(=O)COc1ccccc1Cl. The summed E-state index contributed by atoms with van der Waals surface area (Å²) in [6, 6.07) is 24.1. The van der Waals surface area contributed by atoms with Crippen molar-refractivity contribution in [3.8, 4) is 5.75 Å². The van der Waals surface area contributed by atoms with Gasteiger partial charge in [0.05, 0.1) is 5.02 Å². The minimum Gasteiger partial charge on any atom is -0.482 e. The maximum Gasteiger partial charge on any atom is 0.261 e. The van der Waals surface area contributed by atoms with E-state index in [0.29, 0.717) is 17.2 Å². The van der Waals surface area contributed by atoms with Gasteiger partial charge in [-0.2, -0.15) is 0 Å². The van der Waals surface area contributed by atoms with E-state index in [1.54, 1.807) is 29.2 Å². The molecule has 5 nitrogen and oxygen atoms in total. The third-order valence-electron chi connectivity index (χ3n) is 6.43. The van der Waals surface area contributed by atoms with E-state index in [-0.39, 0.29) is 31.0 Å². The van der Waals surface area contributed by atoms with Crippen molar-refractivity contribution in [2.24, 2.45) is 0 Å². The molecule has 1 N–H and O–H groups in total. The number of carbonyl (C=O) groups excluding carboxylic acids is 2. The Balaban J connectivity index is 1.61. The first-order chi connectivity index (χ1) is 17.5. The zero-order valence-electron chi connectivity index (χ0n) is 20.0. The molecule has 1 fully saturated rings. The number of benzene rings is 3. The molecule has 1 atom stereocenters. The number of carbonyl (C=O) groups is 2. The fourth-order valence-corrected chi connectivity index (χ4v) is 4.95. The van der Waals surface area contributed by atoms with Crippen LogP contribution in [0.1, 0.15) is 36.8 Å². The molecular formula is C29H30BrClN2O3. The summed E-state index contributed by atoms with van der Waals surface area (Å²) in [5.74, 6) is 0.0282. The Hall–Kier alpha value is -2.83. The molecule has 4 rings (SSSR count). The summed E-state index contributed by atoms with van der Waals surface area (Å²) in [5.41, 5.74) is 1.92. The molecule has 0 aliphatic heterocycles. The molecule has 7 heteroatoms. The van der Waals surface area contributed by atoms with Gasteiger partial charge in [0.25, 0.3) is 5.91 Å². The molecule has 0 heterocycles. The van der Waals surface area contributed by atoms with Crippen molar-refractivity contribution in [1.82, 2.24) is 10.2 Å². The third-order valence-corrected chi connectivity index (χ3v) is 7.27. The van der Waals surface area contributed by atoms with Crippen LogP contribution < -0.4 is 10.1 Å². The van der Waals surface area contributed by atoms with Gasteiger partial charge in [-0.05, 0) is 48.2 Å². The molecule has 36 heavy (non-hydrogen) atoms. The highest BCUT2D eigenvalue weighted by Gasteiger charge is 2.32. The number of amides is 2. The molecule has 2 amide bonds. The quantitative estimate of drug-likeness (QED) is 0.317. The van der Waals surface area contributed by atoms with Crippen molar-refractivity contribution < 1.29 is 14.3 Å². The highest BCUT2D eigenvalue weighted by molar-refractivity contribution is 9.10. The summed E-state index contributed by atoms with van der Waals surface area (Å²) < 4.78 is 6.74. The van der Waals surface area contributed by atoms with E-state index in [1.165, 1.54) is 0 Å². The number of nitrogens with zero attached hydrogens (tertiary/aromatic N) is 1. The van der Waals surface area contributed by atoms with Crippen LogP contribution >= 0.6 is 27.5 Å². The zero-order chi connectivity index (χ0) is 25.3. The molecule has 1 aliphatic rings. The van der Waals surface area contributed by atoms with Gasteiger partial charge in [-0.15, -0.1) is 0 Å². The van der Waals surface area contributed by atoms with Crippen molar-refractivity contribution in [2.45, 2.75) is 50.7 Å². The van der Waals surface area contributed by atoms with Crippen LogP contribution in [0.3, 0.4) is 0 Å². The van der Waals surface area contributed by atoms with Gasteiger partial charge in [0, 0.05) is 23.5 Å². The van der Waals surface area contributed by atoms with Gasteiger partial charge < -0.3 is 15.0 Å². The summed E-state index contributed by atoms with van der Waals surface area (Å²) in [6.45, 7) is 0.0653. The monoisotopic (exact) mass is 568 g/mol. The van der Waals surface area contributed by atoms with Crippen LogP contribution in [0.5, 0.6) is 5.75 Å². The van der Waals surface area contributed by atoms with Crippen molar-refractivity contribution in [1.29, 1.82) is 0 Å². The lowest BCUT2D eigenvalue weighted by molar-refractivity contribution is -0.143. The molecule has 0 radical (unpaired) electrons. The highest BCUT2D eigenvalue weighted by atomic mass is 79.9. The Labute approximate surface area is 225 Å². The Kier molecular flexibility index (Phi) is 9.42. The molecule has 1 saturated carbocycles. The zero-order valence-corrected chi connectivity index (χ0v) is 22.4. The maximum absolute atomic E-state index is 13.6. The Morgan fingerprint density at radius 1 is 0.944 bits per heavy atom. The normalized spacial score (nSPS) is 14.3. The number of ether oxygens (including phenoxy) is 1. The second kappa shape index (κ2) is 12.9. The second-order valence-corrected chi connectivity index (χ2v) is 10.4. The molecule has 3 aromatic rings. The number of hydrogen-bond acceptors (Lipinski definition) is 3. The van der Waals surface area contributed by atoms with Gasteiger partial charge in [-0.3, -0.25) is 9.59 Å². The number of rotatable bonds is 10. The topological polar surface area (TPSA) is 58.6 Å². The first-order valence-electron chi connectivity index (χ1n) is 12.2. The largest absolute Gasteiger partial charge is 0.482 e. The van der Waals surface area contributed by atoms with E-state index in [0.717, 1.165) is 41.3 Å². The molecule has 1 aliphatic carbocycles. The number of halogens is 2. The van der Waals surface area contributed by atoms with Crippen molar-refractivity contribution in [3.05, 3.63) is 99.5 Å². The Morgan fingerprint density at radius 2 is 1.61 bits per heavy atom. The van der Waals surface area contributed by atoms with Crippen LogP contribution in [0.4, 0.5) is 0 Å².